The second-order valence-electron chi connectivity index (χ2n) is 3.37. The van der Waals surface area contributed by atoms with Crippen molar-refractivity contribution in [3.05, 3.63) is 11.1 Å². The average molecular weight is 230 g/mol. The molecular formula is C10H18N2S2. The Morgan fingerprint density at radius 3 is 3.00 bits per heavy atom. The number of hydrogen-bond acceptors (Lipinski definition) is 4. The predicted molar refractivity (Wildman–Crippen MR) is 65.3 cm³/mol. The van der Waals surface area contributed by atoms with E-state index in [4.69, 9.17) is 0 Å². The Hall–Kier alpha value is -0.0600. The van der Waals surface area contributed by atoms with E-state index in [1.54, 1.807) is 11.3 Å². The van der Waals surface area contributed by atoms with E-state index in [0.29, 0.717) is 6.04 Å². The third-order valence-electron chi connectivity index (χ3n) is 2.03. The first-order valence-electron chi connectivity index (χ1n) is 5.00. The van der Waals surface area contributed by atoms with Gasteiger partial charge in [-0.05, 0) is 20.3 Å². The van der Waals surface area contributed by atoms with Gasteiger partial charge in [0.05, 0.1) is 0 Å². The maximum absolute atomic E-state index is 4.40. The van der Waals surface area contributed by atoms with Crippen LogP contribution in [0.4, 0.5) is 0 Å². The molecule has 0 saturated carbocycles. The second kappa shape index (κ2) is 6.43. The zero-order valence-electron chi connectivity index (χ0n) is 9.04. The second-order valence-corrected chi connectivity index (χ2v) is 5.57. The average Bonchev–Trinajstić information content (AvgIpc) is 2.58. The molecule has 0 spiro atoms. The van der Waals surface area contributed by atoms with Crippen molar-refractivity contribution in [3.63, 3.8) is 0 Å². The van der Waals surface area contributed by atoms with Gasteiger partial charge in [-0.3, -0.25) is 0 Å². The Kier molecular flexibility index (Phi) is 5.52. The monoisotopic (exact) mass is 230 g/mol. The molecule has 1 aromatic rings. The molecule has 1 atom stereocenters. The van der Waals surface area contributed by atoms with Gasteiger partial charge in [-0.15, -0.1) is 11.3 Å². The molecule has 0 aliphatic rings. The molecular weight excluding hydrogens is 212 g/mol. The van der Waals surface area contributed by atoms with E-state index in [1.807, 2.05) is 18.7 Å². The van der Waals surface area contributed by atoms with Crippen molar-refractivity contribution in [2.24, 2.45) is 0 Å². The highest BCUT2D eigenvalue weighted by atomic mass is 32.2. The Morgan fingerprint density at radius 2 is 2.43 bits per heavy atom. The van der Waals surface area contributed by atoms with E-state index in [2.05, 4.69) is 29.5 Å². The first-order chi connectivity index (χ1) is 6.72. The van der Waals surface area contributed by atoms with Crippen LogP contribution in [0.3, 0.4) is 0 Å². The minimum atomic E-state index is 0.633. The summed E-state index contributed by atoms with van der Waals surface area (Å²) < 4.78 is 1.19. The van der Waals surface area contributed by atoms with Gasteiger partial charge in [-0.25, -0.2) is 4.98 Å². The van der Waals surface area contributed by atoms with Crippen LogP contribution in [0.5, 0.6) is 0 Å². The van der Waals surface area contributed by atoms with Crippen LogP contribution in [-0.4, -0.2) is 23.3 Å². The molecule has 1 aromatic heterocycles. The molecule has 2 nitrogen and oxygen atoms in total. The molecule has 14 heavy (non-hydrogen) atoms. The van der Waals surface area contributed by atoms with Crippen molar-refractivity contribution in [2.45, 2.75) is 37.6 Å². The Balaban J connectivity index is 2.10. The minimum absolute atomic E-state index is 0.633. The molecule has 0 amide bonds. The summed E-state index contributed by atoms with van der Waals surface area (Å²) in [4.78, 5) is 4.40. The highest BCUT2D eigenvalue weighted by Crippen LogP contribution is 2.21. The van der Waals surface area contributed by atoms with Gasteiger partial charge in [0.25, 0.3) is 0 Å². The number of nitrogens with one attached hydrogen (secondary N) is 1. The van der Waals surface area contributed by atoms with Crippen LogP contribution in [0.15, 0.2) is 9.72 Å². The molecule has 0 bridgehead atoms. The molecule has 1 N–H and O–H groups in total. The van der Waals surface area contributed by atoms with Gasteiger partial charge < -0.3 is 5.32 Å². The number of thioether (sulfide) groups is 1. The van der Waals surface area contributed by atoms with Gasteiger partial charge in [0, 0.05) is 29.4 Å². The molecule has 80 valence electrons. The lowest BCUT2D eigenvalue weighted by molar-refractivity contribution is 0.555. The third kappa shape index (κ3) is 4.44. The lowest BCUT2D eigenvalue weighted by Crippen LogP contribution is -2.27. The first kappa shape index (κ1) is 12.0. The molecule has 0 radical (unpaired) electrons. The van der Waals surface area contributed by atoms with Crippen molar-refractivity contribution >= 4 is 23.1 Å². The zero-order chi connectivity index (χ0) is 10.4. The maximum Gasteiger partial charge on any atom is 0.150 e. The summed E-state index contributed by atoms with van der Waals surface area (Å²) in [7, 11) is 0. The van der Waals surface area contributed by atoms with Gasteiger partial charge in [-0.1, -0.05) is 18.7 Å². The van der Waals surface area contributed by atoms with Crippen LogP contribution >= 0.6 is 23.1 Å². The van der Waals surface area contributed by atoms with Gasteiger partial charge in [-0.2, -0.15) is 0 Å². The van der Waals surface area contributed by atoms with Crippen LogP contribution < -0.4 is 5.32 Å². The van der Waals surface area contributed by atoms with E-state index < -0.39 is 0 Å². The highest BCUT2D eigenvalue weighted by Gasteiger charge is 2.00. The minimum Gasteiger partial charge on any atom is -0.313 e. The smallest absolute Gasteiger partial charge is 0.150 e. The Bertz CT molecular complexity index is 260. The third-order valence-corrected chi connectivity index (χ3v) is 4.17. The summed E-state index contributed by atoms with van der Waals surface area (Å²) in [5.41, 5.74) is 1.13. The number of thiazole rings is 1. The van der Waals surface area contributed by atoms with Crippen LogP contribution in [0.1, 0.15) is 26.0 Å². The van der Waals surface area contributed by atoms with Crippen molar-refractivity contribution in [1.29, 1.82) is 0 Å². The molecule has 1 unspecified atom stereocenters. The fraction of sp³-hybridized carbons (Fsp3) is 0.700. The van der Waals surface area contributed by atoms with E-state index >= 15 is 0 Å². The van der Waals surface area contributed by atoms with E-state index in [1.165, 1.54) is 10.8 Å². The van der Waals surface area contributed by atoms with Gasteiger partial charge >= 0.3 is 0 Å². The van der Waals surface area contributed by atoms with Crippen molar-refractivity contribution in [1.82, 2.24) is 10.3 Å². The molecule has 4 heteroatoms. The fourth-order valence-corrected chi connectivity index (χ4v) is 2.78. The number of nitrogens with zero attached hydrogens (tertiary/aromatic N) is 1. The molecule has 1 heterocycles. The van der Waals surface area contributed by atoms with Gasteiger partial charge in [0.15, 0.2) is 0 Å². The van der Waals surface area contributed by atoms with Crippen molar-refractivity contribution < 1.29 is 0 Å². The van der Waals surface area contributed by atoms with Crippen LogP contribution in [0, 0.1) is 6.92 Å². The molecule has 0 saturated heterocycles. The van der Waals surface area contributed by atoms with Gasteiger partial charge in [0.2, 0.25) is 0 Å². The quantitative estimate of drug-likeness (QED) is 0.601. The molecule has 0 aliphatic carbocycles. The highest BCUT2D eigenvalue weighted by molar-refractivity contribution is 8.01. The molecule has 0 fully saturated rings. The summed E-state index contributed by atoms with van der Waals surface area (Å²) in [6.45, 7) is 7.53. The lowest BCUT2D eigenvalue weighted by Gasteiger charge is -2.09. The molecule has 0 aliphatic heterocycles. The summed E-state index contributed by atoms with van der Waals surface area (Å²) in [6, 6.07) is 0.633. The van der Waals surface area contributed by atoms with Gasteiger partial charge in [0.1, 0.15) is 4.34 Å². The normalized spacial score (nSPS) is 13.1. The van der Waals surface area contributed by atoms with E-state index in [-0.39, 0.29) is 0 Å². The summed E-state index contributed by atoms with van der Waals surface area (Å²) in [5, 5.41) is 5.57. The number of rotatable bonds is 6. The predicted octanol–water partition coefficient (Wildman–Crippen LogP) is 2.93. The molecule has 0 aromatic carbocycles. The van der Waals surface area contributed by atoms with Crippen molar-refractivity contribution in [3.8, 4) is 0 Å². The standard InChI is InChI=1S/C10H18N2S2/c1-4-8(2)11-5-6-13-10-12-9(3)7-14-10/h7-8,11H,4-6H2,1-3H3. The van der Waals surface area contributed by atoms with Crippen LogP contribution in [0.25, 0.3) is 0 Å². The van der Waals surface area contributed by atoms with E-state index in [0.717, 1.165) is 18.0 Å². The number of aryl methyl sites for hydroxylation is 1. The summed E-state index contributed by atoms with van der Waals surface area (Å²) in [6.07, 6.45) is 1.20. The zero-order valence-corrected chi connectivity index (χ0v) is 10.7. The van der Waals surface area contributed by atoms with E-state index in [9.17, 15) is 0 Å². The van der Waals surface area contributed by atoms with Crippen LogP contribution in [-0.2, 0) is 0 Å². The topological polar surface area (TPSA) is 24.9 Å². The molecule has 1 rings (SSSR count). The number of aromatic nitrogens is 1. The summed E-state index contributed by atoms with van der Waals surface area (Å²) >= 11 is 3.58. The SMILES string of the molecule is CCC(C)NCCSc1nc(C)cs1. The Morgan fingerprint density at radius 1 is 1.64 bits per heavy atom. The lowest BCUT2D eigenvalue weighted by atomic mass is 10.3. The number of hydrogen-bond donors (Lipinski definition) is 1. The Labute approximate surface area is 94.5 Å². The van der Waals surface area contributed by atoms with Crippen molar-refractivity contribution in [2.75, 3.05) is 12.3 Å². The van der Waals surface area contributed by atoms with Crippen LogP contribution in [0.2, 0.25) is 0 Å². The first-order valence-corrected chi connectivity index (χ1v) is 6.87. The fourth-order valence-electron chi connectivity index (χ4n) is 0.987. The maximum atomic E-state index is 4.40. The largest absolute Gasteiger partial charge is 0.313 e. The summed E-state index contributed by atoms with van der Waals surface area (Å²) in [5.74, 6) is 1.11.